The molecule has 0 radical (unpaired) electrons. The third-order valence-corrected chi connectivity index (χ3v) is 5.55. The molecule has 1 aromatic rings. The number of halogens is 3. The van der Waals surface area contributed by atoms with Gasteiger partial charge in [0, 0.05) is 30.8 Å². The van der Waals surface area contributed by atoms with Gasteiger partial charge >= 0.3 is 11.4 Å². The van der Waals surface area contributed by atoms with Gasteiger partial charge in [0.1, 0.15) is 0 Å². The molecule has 1 saturated heterocycles. The molecule has 0 saturated carbocycles. The summed E-state index contributed by atoms with van der Waals surface area (Å²) in [6, 6.07) is 0. The maximum Gasteiger partial charge on any atom is 0.330 e. The van der Waals surface area contributed by atoms with E-state index in [0.717, 1.165) is 10.8 Å². The summed E-state index contributed by atoms with van der Waals surface area (Å²) in [5, 5.41) is 0. The first-order chi connectivity index (χ1) is 10.8. The van der Waals surface area contributed by atoms with Gasteiger partial charge in [-0.1, -0.05) is 6.92 Å². The van der Waals surface area contributed by atoms with Crippen molar-refractivity contribution < 1.29 is 27.4 Å². The van der Waals surface area contributed by atoms with Crippen molar-refractivity contribution in [2.45, 2.75) is 44.4 Å². The van der Waals surface area contributed by atoms with Crippen LogP contribution in [0.15, 0.2) is 15.8 Å². The topological polar surface area (TPSA) is 101 Å². The molecule has 2 N–H and O–H groups in total. The third kappa shape index (κ3) is 3.36. The van der Waals surface area contributed by atoms with E-state index in [-0.39, 0.29) is 5.56 Å². The third-order valence-electron chi connectivity index (χ3n) is 4.15. The van der Waals surface area contributed by atoms with Crippen molar-refractivity contribution in [3.63, 3.8) is 0 Å². The van der Waals surface area contributed by atoms with Gasteiger partial charge in [-0.2, -0.15) is 8.78 Å². The van der Waals surface area contributed by atoms with Gasteiger partial charge in [-0.25, -0.2) is 9.18 Å². The molecule has 0 bridgehead atoms. The van der Waals surface area contributed by atoms with Crippen LogP contribution in [-0.2, 0) is 9.30 Å². The fraction of sp³-hybridized carbons (Fsp3) is 0.692. The lowest BCUT2D eigenvalue weighted by atomic mass is 9.99. The summed E-state index contributed by atoms with van der Waals surface area (Å²) >= 11 is 0. The number of aryl methyl sites for hydroxylation is 1. The van der Waals surface area contributed by atoms with E-state index in [9.17, 15) is 27.3 Å². The van der Waals surface area contributed by atoms with E-state index in [2.05, 4.69) is 0 Å². The molecule has 136 valence electrons. The summed E-state index contributed by atoms with van der Waals surface area (Å²) in [7, 11) is -4.73. The van der Waals surface area contributed by atoms with Gasteiger partial charge in [0.15, 0.2) is 12.4 Å². The minimum Gasteiger partial charge on any atom is -0.351 e. The van der Waals surface area contributed by atoms with E-state index in [1.54, 1.807) is 0 Å². The number of aromatic amines is 1. The summed E-state index contributed by atoms with van der Waals surface area (Å²) in [4.78, 5) is 34.3. The van der Waals surface area contributed by atoms with Gasteiger partial charge in [-0.15, -0.1) is 0 Å². The van der Waals surface area contributed by atoms with Crippen LogP contribution in [0, 0.1) is 12.8 Å². The molecule has 0 spiro atoms. The molecule has 2 rings (SSSR count). The zero-order valence-corrected chi connectivity index (χ0v) is 14.1. The Bertz CT molecular complexity index is 787. The van der Waals surface area contributed by atoms with Gasteiger partial charge in [0.2, 0.25) is 0 Å². The summed E-state index contributed by atoms with van der Waals surface area (Å²) in [5.41, 5.74) is -5.39. The summed E-state index contributed by atoms with van der Waals surface area (Å²) < 4.78 is 59.3. The molecule has 11 heteroatoms. The van der Waals surface area contributed by atoms with Crippen LogP contribution in [0.5, 0.6) is 0 Å². The number of rotatable bonds is 4. The van der Waals surface area contributed by atoms with Crippen LogP contribution in [-0.4, -0.2) is 39.0 Å². The second-order valence-electron chi connectivity index (χ2n) is 6.10. The average molecular weight is 370 g/mol. The van der Waals surface area contributed by atoms with Gasteiger partial charge in [0.25, 0.3) is 12.9 Å². The lowest BCUT2D eigenvalue weighted by Crippen LogP contribution is -2.36. The molecule has 1 aromatic heterocycles. The second kappa shape index (κ2) is 6.16. The Balaban J connectivity index is 2.31. The van der Waals surface area contributed by atoms with Crippen molar-refractivity contribution in [1.82, 2.24) is 9.55 Å². The Morgan fingerprint density at radius 3 is 2.58 bits per heavy atom. The minimum atomic E-state index is -4.73. The predicted octanol–water partition coefficient (Wildman–Crippen LogP) is 1.60. The van der Waals surface area contributed by atoms with Crippen LogP contribution in [0.2, 0.25) is 0 Å². The van der Waals surface area contributed by atoms with Gasteiger partial charge in [-0.05, 0) is 6.92 Å². The number of alkyl halides is 3. The SMILES string of the molecule is Cc1cn([C@@H]2O[C@H](CC(F)(F)P(C)(=O)O)[C@@H](C)[C@H]2F)c(=O)[nH]c1=O. The number of hydrogen-bond donors (Lipinski definition) is 2. The van der Waals surface area contributed by atoms with E-state index in [0.29, 0.717) is 6.66 Å². The first-order valence-corrected chi connectivity index (χ1v) is 9.25. The highest BCUT2D eigenvalue weighted by molar-refractivity contribution is 7.58. The molecule has 1 aliphatic heterocycles. The van der Waals surface area contributed by atoms with Crippen molar-refractivity contribution in [1.29, 1.82) is 0 Å². The largest absolute Gasteiger partial charge is 0.351 e. The number of aromatic nitrogens is 2. The lowest BCUT2D eigenvalue weighted by Gasteiger charge is -2.24. The molecule has 24 heavy (non-hydrogen) atoms. The average Bonchev–Trinajstić information content (AvgIpc) is 2.69. The van der Waals surface area contributed by atoms with Crippen molar-refractivity contribution in [3.05, 3.63) is 32.6 Å². The van der Waals surface area contributed by atoms with Crippen molar-refractivity contribution in [2.75, 3.05) is 6.66 Å². The molecule has 0 amide bonds. The quantitative estimate of drug-likeness (QED) is 0.784. The zero-order chi connectivity index (χ0) is 18.4. The fourth-order valence-electron chi connectivity index (χ4n) is 2.48. The molecular formula is C13H18F3N2O5P. The molecule has 1 aliphatic rings. The Kier molecular flexibility index (Phi) is 4.87. The number of H-pyrrole nitrogens is 1. The lowest BCUT2D eigenvalue weighted by molar-refractivity contribution is -0.0572. The molecule has 1 fully saturated rings. The van der Waals surface area contributed by atoms with Gasteiger partial charge < -0.3 is 9.63 Å². The van der Waals surface area contributed by atoms with E-state index >= 15 is 0 Å². The summed E-state index contributed by atoms with van der Waals surface area (Å²) in [5.74, 6) is -1.04. The normalized spacial score (nSPS) is 30.3. The predicted molar refractivity (Wildman–Crippen MR) is 79.3 cm³/mol. The maximum atomic E-state index is 14.4. The molecule has 0 aromatic carbocycles. The van der Waals surface area contributed by atoms with Gasteiger partial charge in [0.05, 0.1) is 6.10 Å². The number of nitrogens with zero attached hydrogens (tertiary/aromatic N) is 1. The Morgan fingerprint density at radius 2 is 2.04 bits per heavy atom. The first-order valence-electron chi connectivity index (χ1n) is 7.15. The second-order valence-corrected chi connectivity index (χ2v) is 8.51. The number of ether oxygens (including phenoxy) is 1. The van der Waals surface area contributed by atoms with E-state index in [1.807, 2.05) is 4.98 Å². The molecule has 1 unspecified atom stereocenters. The van der Waals surface area contributed by atoms with Crippen LogP contribution in [0.1, 0.15) is 25.1 Å². The van der Waals surface area contributed by atoms with Crippen LogP contribution >= 0.6 is 7.37 Å². The number of hydrogen-bond acceptors (Lipinski definition) is 4. The summed E-state index contributed by atoms with van der Waals surface area (Å²) in [6.07, 6.45) is -4.73. The monoisotopic (exact) mass is 370 g/mol. The van der Waals surface area contributed by atoms with Crippen LogP contribution in [0.4, 0.5) is 13.2 Å². The van der Waals surface area contributed by atoms with Gasteiger partial charge in [-0.3, -0.25) is 18.9 Å². The minimum absolute atomic E-state index is 0.125. The number of nitrogens with one attached hydrogen (secondary N) is 1. The Hall–Kier alpha value is -1.38. The first kappa shape index (κ1) is 19.0. The van der Waals surface area contributed by atoms with Crippen molar-refractivity contribution in [3.8, 4) is 0 Å². The maximum absolute atomic E-state index is 14.4. The molecule has 7 nitrogen and oxygen atoms in total. The van der Waals surface area contributed by atoms with E-state index < -0.39 is 55.1 Å². The van der Waals surface area contributed by atoms with Crippen molar-refractivity contribution >= 4 is 7.37 Å². The summed E-state index contributed by atoms with van der Waals surface area (Å²) in [6.45, 7) is 3.23. The fourth-order valence-corrected chi connectivity index (χ4v) is 3.00. The smallest absolute Gasteiger partial charge is 0.330 e. The Labute approximate surface area is 134 Å². The zero-order valence-electron chi connectivity index (χ0n) is 13.2. The Morgan fingerprint density at radius 1 is 1.46 bits per heavy atom. The van der Waals surface area contributed by atoms with Crippen LogP contribution in [0.3, 0.4) is 0 Å². The highest BCUT2D eigenvalue weighted by atomic mass is 31.2. The van der Waals surface area contributed by atoms with E-state index in [1.165, 1.54) is 13.8 Å². The van der Waals surface area contributed by atoms with Crippen LogP contribution < -0.4 is 11.2 Å². The highest BCUT2D eigenvalue weighted by Crippen LogP contribution is 2.57. The molecule has 2 heterocycles. The molecule has 5 atom stereocenters. The van der Waals surface area contributed by atoms with Crippen molar-refractivity contribution in [2.24, 2.45) is 5.92 Å². The molecule has 0 aliphatic carbocycles. The standard InChI is InChI=1S/C13H18F3N2O5P/c1-6-5-18(12(20)17-10(6)19)11-9(14)7(2)8(23-11)4-13(15,16)24(3,21)22/h5,7-9,11H,4H2,1-3H3,(H,21,22)(H,17,19,20)/t7-,8-,9-,11-/m1/s1. The molecular weight excluding hydrogens is 352 g/mol. The van der Waals surface area contributed by atoms with E-state index in [4.69, 9.17) is 9.63 Å². The van der Waals surface area contributed by atoms with Crippen LogP contribution in [0.25, 0.3) is 0 Å². The highest BCUT2D eigenvalue weighted by Gasteiger charge is 2.53.